The van der Waals surface area contributed by atoms with Gasteiger partial charge in [-0.15, -0.1) is 0 Å². The Kier molecular flexibility index (Phi) is 18.0. The van der Waals surface area contributed by atoms with Crippen molar-refractivity contribution in [2.75, 3.05) is 0 Å². The van der Waals surface area contributed by atoms with E-state index in [1.54, 1.807) is 22.3 Å². The fourth-order valence-corrected chi connectivity index (χ4v) is 6.99. The van der Waals surface area contributed by atoms with Gasteiger partial charge in [-0.25, -0.2) is 0 Å². The Labute approximate surface area is 238 Å². The minimum Gasteiger partial charge on any atom is -0.0811 e. The standard InChI is InChI=1S/C20H34.C18H30/c1-3-7-11-15-19(16-12-8-4-1)20-17-13-9-5-2-6-10-14-18-20;1-2-6-10-14-17(13-9-5-1)18-15-11-7-3-4-8-12-16-18/h15,17H,1-14,16,18H2;13,15H,1-12,14,16H2. The molecule has 0 heterocycles. The van der Waals surface area contributed by atoms with E-state index in [1.165, 1.54) is 193 Å². The Bertz CT molecular complexity index is 652. The maximum absolute atomic E-state index is 2.60. The van der Waals surface area contributed by atoms with Gasteiger partial charge >= 0.3 is 0 Å². The minimum absolute atomic E-state index is 1.33. The summed E-state index contributed by atoms with van der Waals surface area (Å²) in [6.45, 7) is 0. The Morgan fingerprint density at radius 2 is 0.395 bits per heavy atom. The molecule has 0 aromatic carbocycles. The van der Waals surface area contributed by atoms with E-state index in [1.807, 2.05) is 0 Å². The van der Waals surface area contributed by atoms with Crippen molar-refractivity contribution in [2.45, 2.75) is 193 Å². The van der Waals surface area contributed by atoms with Gasteiger partial charge in [0.2, 0.25) is 0 Å². The van der Waals surface area contributed by atoms with Gasteiger partial charge in [0.15, 0.2) is 0 Å². The van der Waals surface area contributed by atoms with Crippen molar-refractivity contribution < 1.29 is 0 Å². The van der Waals surface area contributed by atoms with E-state index in [2.05, 4.69) is 24.3 Å². The van der Waals surface area contributed by atoms with Crippen LogP contribution in [0.2, 0.25) is 0 Å². The number of hydrogen-bond donors (Lipinski definition) is 0. The van der Waals surface area contributed by atoms with Gasteiger partial charge in [-0.2, -0.15) is 0 Å². The zero-order valence-electron chi connectivity index (χ0n) is 25.5. The SMILES string of the molecule is C1=C(C2=CCCCCCCC2)CCCCCCC1.C1=C(C2=CCCCCCCCC2)CCCCCCCC1. The Morgan fingerprint density at radius 1 is 0.211 bits per heavy atom. The lowest BCUT2D eigenvalue weighted by Crippen LogP contribution is -1.96. The van der Waals surface area contributed by atoms with E-state index in [9.17, 15) is 0 Å². The van der Waals surface area contributed by atoms with E-state index >= 15 is 0 Å². The predicted molar refractivity (Wildman–Crippen MR) is 171 cm³/mol. The molecule has 0 aromatic heterocycles. The molecule has 0 aromatic rings. The van der Waals surface area contributed by atoms with Gasteiger partial charge in [0, 0.05) is 0 Å². The molecule has 0 amide bonds. The van der Waals surface area contributed by atoms with Gasteiger partial charge in [0.05, 0.1) is 0 Å². The Balaban J connectivity index is 0.000000212. The molecule has 0 nitrogen and oxygen atoms in total. The second kappa shape index (κ2) is 21.7. The third-order valence-electron chi connectivity index (χ3n) is 9.49. The summed E-state index contributed by atoms with van der Waals surface area (Å²) in [5.74, 6) is 0. The summed E-state index contributed by atoms with van der Waals surface area (Å²) in [4.78, 5) is 0. The predicted octanol–water partition coefficient (Wildman–Crippen LogP) is 13.4. The molecule has 0 saturated heterocycles. The molecular formula is C38H64. The number of allylic oxidation sites excluding steroid dienone is 8. The fourth-order valence-electron chi connectivity index (χ4n) is 6.99. The highest BCUT2D eigenvalue weighted by molar-refractivity contribution is 5.32. The van der Waals surface area contributed by atoms with Crippen LogP contribution in [0.15, 0.2) is 46.6 Å². The van der Waals surface area contributed by atoms with Gasteiger partial charge in [-0.1, -0.05) is 114 Å². The molecule has 38 heavy (non-hydrogen) atoms. The molecule has 0 spiro atoms. The van der Waals surface area contributed by atoms with Crippen LogP contribution in [0, 0.1) is 0 Å². The molecule has 0 aliphatic heterocycles. The maximum Gasteiger partial charge on any atom is -0.0279 e. The fraction of sp³-hybridized carbons (Fsp3) is 0.789. The van der Waals surface area contributed by atoms with Crippen LogP contribution >= 0.6 is 0 Å². The largest absolute Gasteiger partial charge is 0.0811 e. The third-order valence-corrected chi connectivity index (χ3v) is 9.49. The topological polar surface area (TPSA) is 0 Å². The highest BCUT2D eigenvalue weighted by Gasteiger charge is 2.09. The lowest BCUT2D eigenvalue weighted by Gasteiger charge is -2.16. The Hall–Kier alpha value is -1.04. The summed E-state index contributed by atoms with van der Waals surface area (Å²) in [6, 6.07) is 0. The zero-order chi connectivity index (χ0) is 26.4. The molecule has 216 valence electrons. The van der Waals surface area contributed by atoms with E-state index in [0.717, 1.165) is 0 Å². The molecular weight excluding hydrogens is 456 g/mol. The maximum atomic E-state index is 2.60. The normalized spacial score (nSPS) is 24.4. The molecule has 0 atom stereocenters. The van der Waals surface area contributed by atoms with Crippen molar-refractivity contribution in [1.29, 1.82) is 0 Å². The number of rotatable bonds is 2. The second-order valence-corrected chi connectivity index (χ2v) is 12.9. The minimum atomic E-state index is 1.33. The van der Waals surface area contributed by atoms with Crippen molar-refractivity contribution in [3.8, 4) is 0 Å². The third kappa shape index (κ3) is 14.4. The lowest BCUT2D eigenvalue weighted by molar-refractivity contribution is 0.574. The molecule has 0 unspecified atom stereocenters. The van der Waals surface area contributed by atoms with Crippen molar-refractivity contribution in [2.24, 2.45) is 0 Å². The summed E-state index contributed by atoms with van der Waals surface area (Å²) >= 11 is 0. The summed E-state index contributed by atoms with van der Waals surface area (Å²) in [6.07, 6.45) is 52.8. The summed E-state index contributed by atoms with van der Waals surface area (Å²) < 4.78 is 0. The monoisotopic (exact) mass is 521 g/mol. The molecule has 4 aliphatic rings. The molecule has 0 heteroatoms. The van der Waals surface area contributed by atoms with Crippen molar-refractivity contribution in [3.05, 3.63) is 46.6 Å². The molecule has 4 rings (SSSR count). The van der Waals surface area contributed by atoms with Gasteiger partial charge in [0.1, 0.15) is 0 Å². The summed E-state index contributed by atoms with van der Waals surface area (Å²) in [5.41, 5.74) is 6.90. The van der Waals surface area contributed by atoms with Crippen LogP contribution in [0.3, 0.4) is 0 Å². The first-order valence-corrected chi connectivity index (χ1v) is 17.7. The second-order valence-electron chi connectivity index (χ2n) is 12.9. The first kappa shape index (κ1) is 31.5. The molecule has 0 N–H and O–H groups in total. The average Bonchev–Trinajstić information content (AvgIpc) is 3.18. The highest BCUT2D eigenvalue weighted by atomic mass is 14.2. The van der Waals surface area contributed by atoms with Gasteiger partial charge < -0.3 is 0 Å². The lowest BCUT2D eigenvalue weighted by atomic mass is 9.90. The van der Waals surface area contributed by atoms with Crippen molar-refractivity contribution in [3.63, 3.8) is 0 Å². The quantitative estimate of drug-likeness (QED) is 0.339. The molecule has 0 saturated carbocycles. The molecule has 0 bridgehead atoms. The van der Waals surface area contributed by atoms with Crippen LogP contribution in [-0.4, -0.2) is 0 Å². The first-order chi connectivity index (χ1) is 18.9. The van der Waals surface area contributed by atoms with E-state index in [-0.39, 0.29) is 0 Å². The van der Waals surface area contributed by atoms with E-state index in [4.69, 9.17) is 0 Å². The summed E-state index contributed by atoms with van der Waals surface area (Å²) in [7, 11) is 0. The van der Waals surface area contributed by atoms with E-state index < -0.39 is 0 Å². The average molecular weight is 521 g/mol. The van der Waals surface area contributed by atoms with Gasteiger partial charge in [-0.3, -0.25) is 0 Å². The van der Waals surface area contributed by atoms with Crippen LogP contribution in [-0.2, 0) is 0 Å². The Morgan fingerprint density at radius 3 is 0.632 bits per heavy atom. The zero-order valence-corrected chi connectivity index (χ0v) is 25.5. The van der Waals surface area contributed by atoms with Crippen LogP contribution in [0.1, 0.15) is 193 Å². The van der Waals surface area contributed by atoms with Crippen LogP contribution in [0.4, 0.5) is 0 Å². The smallest absolute Gasteiger partial charge is 0.0279 e. The van der Waals surface area contributed by atoms with E-state index in [0.29, 0.717) is 0 Å². The van der Waals surface area contributed by atoms with Gasteiger partial charge in [0.25, 0.3) is 0 Å². The first-order valence-electron chi connectivity index (χ1n) is 17.7. The van der Waals surface area contributed by atoms with Crippen molar-refractivity contribution in [1.82, 2.24) is 0 Å². The van der Waals surface area contributed by atoms with Crippen LogP contribution in [0.5, 0.6) is 0 Å². The molecule has 0 radical (unpaired) electrons. The van der Waals surface area contributed by atoms with Crippen LogP contribution in [0.25, 0.3) is 0 Å². The molecule has 0 fully saturated rings. The van der Waals surface area contributed by atoms with Gasteiger partial charge in [-0.05, 0) is 125 Å². The highest BCUT2D eigenvalue weighted by Crippen LogP contribution is 2.29. The number of hydrogen-bond acceptors (Lipinski definition) is 0. The summed E-state index contributed by atoms with van der Waals surface area (Å²) in [5, 5.41) is 0. The molecule has 4 aliphatic carbocycles. The van der Waals surface area contributed by atoms with Crippen molar-refractivity contribution >= 4 is 0 Å². The van der Waals surface area contributed by atoms with Crippen LogP contribution < -0.4 is 0 Å².